The van der Waals surface area contributed by atoms with Gasteiger partial charge in [0.2, 0.25) is 0 Å². The van der Waals surface area contributed by atoms with Crippen molar-refractivity contribution in [3.8, 4) is 39.5 Å². The number of amides is 2. The molecule has 5 aromatic rings. The predicted octanol–water partition coefficient (Wildman–Crippen LogP) is 9.13. The van der Waals surface area contributed by atoms with E-state index in [4.69, 9.17) is 9.47 Å². The number of alkyl carbamates (subject to hydrolysis) is 2. The number of ether oxygens (including phenoxy) is 3. The average molecular weight is 864 g/mol. The number of aromatic nitrogens is 5. The summed E-state index contributed by atoms with van der Waals surface area (Å²) in [5.41, 5.74) is 6.62. The first-order valence-corrected chi connectivity index (χ1v) is 21.2. The van der Waals surface area contributed by atoms with Crippen LogP contribution in [-0.4, -0.2) is 80.5 Å². The maximum Gasteiger partial charge on any atom is 0.407 e. The lowest BCUT2D eigenvalue weighted by molar-refractivity contribution is -0.124. The number of benzene rings is 2. The maximum absolute atomic E-state index is 15.2. The molecule has 2 unspecified atom stereocenters. The number of Topliss-reactive ketones (excluding diaryl/α,β-unsaturated/α-hetero) is 2. The van der Waals surface area contributed by atoms with E-state index in [9.17, 15) is 19.2 Å². The number of carbonyl (C=O) groups excluding carboxylic acids is 4. The first kappa shape index (κ1) is 43.1. The molecular formula is C47H51F2N7O7. The molecule has 14 nitrogen and oxygen atoms in total. The van der Waals surface area contributed by atoms with Gasteiger partial charge in [-0.2, -0.15) is 0 Å². The van der Waals surface area contributed by atoms with Gasteiger partial charge < -0.3 is 39.4 Å². The monoisotopic (exact) mass is 863 g/mol. The smallest absolute Gasteiger partial charge is 0.407 e. The number of nitrogens with one attached hydrogen (secondary N) is 4. The number of aromatic amines is 2. The van der Waals surface area contributed by atoms with Crippen molar-refractivity contribution in [3.05, 3.63) is 84.2 Å². The Morgan fingerprint density at radius 1 is 0.889 bits per heavy atom. The van der Waals surface area contributed by atoms with Crippen molar-refractivity contribution >= 4 is 40.2 Å². The standard InChI is InChI=1S/C47H51F2N7O7/c1-23(2)39(54-45(59)61-6)41(57)29-16-30(20-47(48,49)19-29)43-50-21-35(52-43)27-11-13-33-37-17-28-15-26(12-14-36(28)56(37)25(5)63-38(33)18-27)34-22-51-44(53-34)32-10-8-9-31(32)42(58)40(24(3)4)55-46(60)62-7/h10-18,21-25,30-31,39-40H,8-9,19-20H2,1-7H3,(H,50,52)(H,51,53)(H,54,59)(H,55,60)/t25?,30-,31?,39-,40-/m0/s1. The number of hydrogen-bond donors (Lipinski definition) is 4. The van der Waals surface area contributed by atoms with Crippen LogP contribution in [0.2, 0.25) is 0 Å². The van der Waals surface area contributed by atoms with E-state index in [0.29, 0.717) is 29.5 Å². The third-order valence-electron chi connectivity index (χ3n) is 12.2. The lowest BCUT2D eigenvalue weighted by Crippen LogP contribution is -2.46. The molecule has 0 radical (unpaired) electrons. The van der Waals surface area contributed by atoms with E-state index in [1.807, 2.05) is 57.2 Å². The number of methoxy groups -OCH3 is 2. The first-order valence-electron chi connectivity index (χ1n) is 21.2. The third kappa shape index (κ3) is 8.37. The Balaban J connectivity index is 1.02. The minimum atomic E-state index is -3.16. The minimum absolute atomic E-state index is 0.0619. The summed E-state index contributed by atoms with van der Waals surface area (Å²) < 4.78 is 48.4. The minimum Gasteiger partial charge on any atom is -0.470 e. The van der Waals surface area contributed by atoms with Gasteiger partial charge in [0, 0.05) is 57.9 Å². The summed E-state index contributed by atoms with van der Waals surface area (Å²) in [5, 5.41) is 6.18. The van der Waals surface area contributed by atoms with Gasteiger partial charge in [-0.3, -0.25) is 9.59 Å². The number of halogens is 2. The highest BCUT2D eigenvalue weighted by molar-refractivity contribution is 6.01. The molecule has 4 N–H and O–H groups in total. The van der Waals surface area contributed by atoms with Crippen molar-refractivity contribution in [2.75, 3.05) is 14.2 Å². The second-order valence-corrected chi connectivity index (χ2v) is 17.2. The number of H-pyrrole nitrogens is 2. The van der Waals surface area contributed by atoms with E-state index in [0.717, 1.165) is 51.0 Å². The molecule has 330 valence electrons. The summed E-state index contributed by atoms with van der Waals surface area (Å²) in [7, 11) is 2.45. The van der Waals surface area contributed by atoms with Crippen LogP contribution in [0.4, 0.5) is 18.4 Å². The highest BCUT2D eigenvalue weighted by atomic mass is 19.3. The fourth-order valence-electron chi connectivity index (χ4n) is 9.05. The molecule has 3 aliphatic rings. The molecular weight excluding hydrogens is 813 g/mol. The number of carbonyl (C=O) groups is 4. The molecule has 0 saturated carbocycles. The second-order valence-electron chi connectivity index (χ2n) is 17.2. The van der Waals surface area contributed by atoms with Gasteiger partial charge in [0.05, 0.1) is 61.3 Å². The average Bonchev–Trinajstić information content (AvgIpc) is 4.09. The van der Waals surface area contributed by atoms with E-state index < -0.39 is 60.7 Å². The Labute approximate surface area is 362 Å². The Kier molecular flexibility index (Phi) is 11.6. The number of hydrogen-bond acceptors (Lipinski definition) is 9. The number of rotatable bonds is 12. The van der Waals surface area contributed by atoms with Crippen LogP contribution < -0.4 is 15.4 Å². The Bertz CT molecular complexity index is 2670. The zero-order valence-corrected chi connectivity index (χ0v) is 36.2. The van der Waals surface area contributed by atoms with Gasteiger partial charge in [-0.15, -0.1) is 0 Å². The van der Waals surface area contributed by atoms with Gasteiger partial charge in [-0.1, -0.05) is 52.0 Å². The van der Waals surface area contributed by atoms with Gasteiger partial charge in [0.15, 0.2) is 17.8 Å². The summed E-state index contributed by atoms with van der Waals surface area (Å²) in [4.78, 5) is 67.0. The van der Waals surface area contributed by atoms with Crippen molar-refractivity contribution in [1.82, 2.24) is 35.1 Å². The van der Waals surface area contributed by atoms with Crippen molar-refractivity contribution in [3.63, 3.8) is 0 Å². The van der Waals surface area contributed by atoms with Crippen molar-refractivity contribution in [2.45, 2.75) is 90.5 Å². The lowest BCUT2D eigenvalue weighted by atomic mass is 9.82. The van der Waals surface area contributed by atoms with Crippen LogP contribution in [0.15, 0.2) is 72.6 Å². The Morgan fingerprint density at radius 2 is 1.56 bits per heavy atom. The van der Waals surface area contributed by atoms with Crippen LogP contribution in [0.5, 0.6) is 5.75 Å². The highest BCUT2D eigenvalue weighted by Crippen LogP contribution is 2.45. The Hall–Kier alpha value is -6.58. The van der Waals surface area contributed by atoms with E-state index >= 15 is 8.78 Å². The summed E-state index contributed by atoms with van der Waals surface area (Å²) >= 11 is 0. The van der Waals surface area contributed by atoms with Crippen LogP contribution in [-0.2, 0) is 19.1 Å². The topological polar surface area (TPSA) is 182 Å². The molecule has 0 saturated heterocycles. The molecule has 2 aromatic carbocycles. The fraction of sp³-hybridized carbons (Fsp3) is 0.404. The van der Waals surface area contributed by atoms with E-state index in [-0.39, 0.29) is 29.4 Å². The largest absolute Gasteiger partial charge is 0.470 e. The number of allylic oxidation sites excluding steroid dienone is 3. The molecule has 3 aromatic heterocycles. The summed E-state index contributed by atoms with van der Waals surface area (Å²) in [6.45, 7) is 9.20. The van der Waals surface area contributed by atoms with Gasteiger partial charge in [0.1, 0.15) is 17.4 Å². The number of nitrogens with zero attached hydrogens (tertiary/aromatic N) is 3. The fourth-order valence-corrected chi connectivity index (χ4v) is 9.05. The van der Waals surface area contributed by atoms with Gasteiger partial charge >= 0.3 is 12.2 Å². The molecule has 1 aliphatic heterocycles. The first-order chi connectivity index (χ1) is 30.0. The SMILES string of the molecule is COC(=O)N[C@H](C(=O)C1=C[C@H](c2ncc(-c3ccc4c(c3)OC(C)n3c-4cc4cc(-c5cnc(C6=CCCC6C(=O)[C@@H](NC(=O)OC)C(C)C)[nH]5)ccc43)[nH]2)CC(F)(F)C1)C(C)C. The predicted molar refractivity (Wildman–Crippen MR) is 232 cm³/mol. The van der Waals surface area contributed by atoms with Crippen LogP contribution in [0, 0.1) is 17.8 Å². The third-order valence-corrected chi connectivity index (χ3v) is 12.2. The quantitative estimate of drug-likeness (QED) is 0.0951. The molecule has 16 heteroatoms. The van der Waals surface area contributed by atoms with Crippen LogP contribution in [0.1, 0.15) is 84.1 Å². The molecule has 5 atom stereocenters. The number of ketones is 2. The van der Waals surface area contributed by atoms with Crippen LogP contribution in [0.3, 0.4) is 0 Å². The van der Waals surface area contributed by atoms with Crippen LogP contribution in [0.25, 0.3) is 50.2 Å². The van der Waals surface area contributed by atoms with E-state index in [1.165, 1.54) is 20.3 Å². The summed E-state index contributed by atoms with van der Waals surface area (Å²) in [5.74, 6) is -4.02. The van der Waals surface area contributed by atoms with Crippen molar-refractivity contribution in [1.29, 1.82) is 0 Å². The molecule has 0 spiro atoms. The van der Waals surface area contributed by atoms with Gasteiger partial charge in [-0.25, -0.2) is 28.3 Å². The molecule has 4 heterocycles. The molecule has 8 rings (SSSR count). The zero-order valence-electron chi connectivity index (χ0n) is 36.2. The van der Waals surface area contributed by atoms with E-state index in [2.05, 4.69) is 52.0 Å². The highest BCUT2D eigenvalue weighted by Gasteiger charge is 2.42. The lowest BCUT2D eigenvalue weighted by Gasteiger charge is -2.29. The molecule has 2 aliphatic carbocycles. The summed E-state index contributed by atoms with van der Waals surface area (Å²) in [6, 6.07) is 12.4. The van der Waals surface area contributed by atoms with Crippen molar-refractivity contribution < 1.29 is 42.2 Å². The zero-order chi connectivity index (χ0) is 44.9. The normalized spacial score (nSPS) is 20.0. The molecule has 63 heavy (non-hydrogen) atoms. The van der Waals surface area contributed by atoms with Gasteiger partial charge in [-0.05, 0) is 61.9 Å². The number of fused-ring (bicyclic) bond motifs is 5. The van der Waals surface area contributed by atoms with Crippen LogP contribution >= 0.6 is 0 Å². The van der Waals surface area contributed by atoms with Crippen molar-refractivity contribution in [2.24, 2.45) is 17.8 Å². The van der Waals surface area contributed by atoms with Gasteiger partial charge in [0.25, 0.3) is 5.92 Å². The molecule has 0 bridgehead atoms. The number of alkyl halides is 2. The van der Waals surface area contributed by atoms with E-state index in [1.54, 1.807) is 26.2 Å². The molecule has 0 fully saturated rings. The molecule has 2 amide bonds. The number of imidazole rings is 2. The second kappa shape index (κ2) is 16.9. The summed E-state index contributed by atoms with van der Waals surface area (Å²) in [6.07, 6.45) is 5.22. The maximum atomic E-state index is 15.2. The Morgan fingerprint density at radius 3 is 2.27 bits per heavy atom.